The molecule has 2 aromatic rings. The number of benzene rings is 1. The van der Waals surface area contributed by atoms with Gasteiger partial charge in [0, 0.05) is 6.54 Å². The molecule has 7 heteroatoms. The summed E-state index contributed by atoms with van der Waals surface area (Å²) in [4.78, 5) is 14.9. The van der Waals surface area contributed by atoms with Crippen LogP contribution in [0.5, 0.6) is 0 Å². The molecule has 0 bridgehead atoms. The summed E-state index contributed by atoms with van der Waals surface area (Å²) in [6.45, 7) is 4.67. The number of morpholine rings is 1. The topological polar surface area (TPSA) is 83.1 Å². The maximum atomic E-state index is 13.0. The van der Waals surface area contributed by atoms with E-state index in [-0.39, 0.29) is 18.1 Å². The first-order valence-electron chi connectivity index (χ1n) is 8.84. The molecule has 0 spiro atoms. The van der Waals surface area contributed by atoms with E-state index in [1.54, 1.807) is 0 Å². The number of carbonyl (C=O) groups is 1. The van der Waals surface area contributed by atoms with Gasteiger partial charge >= 0.3 is 0 Å². The van der Waals surface area contributed by atoms with E-state index in [9.17, 15) is 4.79 Å². The summed E-state index contributed by atoms with van der Waals surface area (Å²) in [5, 5.41) is 14.4. The Morgan fingerprint density at radius 1 is 1.32 bits per heavy atom. The third-order valence-electron chi connectivity index (χ3n) is 5.06. The molecule has 2 saturated heterocycles. The largest absolute Gasteiger partial charge is 0.370 e. The molecule has 3 heterocycles. The van der Waals surface area contributed by atoms with Crippen LogP contribution < -0.4 is 5.32 Å². The second-order valence-electron chi connectivity index (χ2n) is 6.67. The van der Waals surface area contributed by atoms with Crippen LogP contribution in [0.4, 0.5) is 0 Å². The predicted octanol–water partition coefficient (Wildman–Crippen LogP) is 1.75. The van der Waals surface area contributed by atoms with Crippen LogP contribution in [0.2, 0.25) is 0 Å². The summed E-state index contributed by atoms with van der Waals surface area (Å²) in [5.74, 6) is -0.0701. The maximum absolute atomic E-state index is 13.0. The van der Waals surface area contributed by atoms with Gasteiger partial charge in [0.05, 0.1) is 19.2 Å². The average Bonchev–Trinajstić information content (AvgIpc) is 3.33. The van der Waals surface area contributed by atoms with Crippen LogP contribution in [0, 0.1) is 6.92 Å². The molecule has 0 radical (unpaired) electrons. The van der Waals surface area contributed by atoms with Crippen LogP contribution in [0.15, 0.2) is 24.3 Å². The summed E-state index contributed by atoms with van der Waals surface area (Å²) >= 11 is 0. The number of aryl methyl sites for hydroxylation is 1. The van der Waals surface area contributed by atoms with Gasteiger partial charge in [-0.3, -0.25) is 4.79 Å². The molecule has 2 N–H and O–H groups in total. The molecule has 0 saturated carbocycles. The molecule has 2 fully saturated rings. The fraction of sp³-hybridized carbons (Fsp3) is 0.500. The zero-order valence-corrected chi connectivity index (χ0v) is 14.4. The van der Waals surface area contributed by atoms with Gasteiger partial charge in [0.25, 0.3) is 5.91 Å². The lowest BCUT2D eigenvalue weighted by Gasteiger charge is -2.33. The standard InChI is InChI=1S/C18H23N5O2/c1-12-5-2-3-6-13(12)15-11-23(9-10-25-15)18(24)17-16(20-22-21-17)14-7-4-8-19-14/h2-3,5-6,14-15,19H,4,7-11H2,1H3,(H,20,21,22). The van der Waals surface area contributed by atoms with E-state index in [0.717, 1.165) is 30.6 Å². The Bertz CT molecular complexity index is 753. The summed E-state index contributed by atoms with van der Waals surface area (Å²) in [7, 11) is 0. The summed E-state index contributed by atoms with van der Waals surface area (Å²) in [5.41, 5.74) is 3.49. The number of ether oxygens (including phenoxy) is 1. The van der Waals surface area contributed by atoms with Gasteiger partial charge in [0.15, 0.2) is 5.69 Å². The molecule has 2 aliphatic rings. The van der Waals surface area contributed by atoms with Crippen molar-refractivity contribution < 1.29 is 9.53 Å². The first kappa shape index (κ1) is 16.2. The summed E-state index contributed by atoms with van der Waals surface area (Å²) < 4.78 is 5.92. The molecule has 2 unspecified atom stereocenters. The van der Waals surface area contributed by atoms with Gasteiger partial charge in [-0.1, -0.05) is 24.3 Å². The Morgan fingerprint density at radius 3 is 3.00 bits per heavy atom. The van der Waals surface area contributed by atoms with E-state index in [4.69, 9.17) is 4.74 Å². The average molecular weight is 341 g/mol. The molecular formula is C18H23N5O2. The van der Waals surface area contributed by atoms with E-state index in [1.807, 2.05) is 17.0 Å². The molecule has 1 aromatic heterocycles. The number of rotatable bonds is 3. The highest BCUT2D eigenvalue weighted by Crippen LogP contribution is 2.27. The molecule has 2 atom stereocenters. The van der Waals surface area contributed by atoms with Crippen molar-refractivity contribution in [3.63, 3.8) is 0 Å². The van der Waals surface area contributed by atoms with Gasteiger partial charge in [-0.05, 0) is 37.4 Å². The Balaban J connectivity index is 1.53. The lowest BCUT2D eigenvalue weighted by Crippen LogP contribution is -2.43. The molecule has 2 aliphatic heterocycles. The van der Waals surface area contributed by atoms with Gasteiger partial charge in [0.1, 0.15) is 11.8 Å². The first-order chi connectivity index (χ1) is 12.2. The second kappa shape index (κ2) is 6.93. The number of aromatic nitrogens is 3. The number of aromatic amines is 1. The van der Waals surface area contributed by atoms with Gasteiger partial charge in [0.2, 0.25) is 0 Å². The number of hydrogen-bond donors (Lipinski definition) is 2. The smallest absolute Gasteiger partial charge is 0.276 e. The van der Waals surface area contributed by atoms with Crippen molar-refractivity contribution >= 4 is 5.91 Å². The zero-order chi connectivity index (χ0) is 17.2. The second-order valence-corrected chi connectivity index (χ2v) is 6.67. The molecule has 132 valence electrons. The Morgan fingerprint density at radius 2 is 2.20 bits per heavy atom. The van der Waals surface area contributed by atoms with E-state index in [1.165, 1.54) is 5.56 Å². The van der Waals surface area contributed by atoms with Crippen molar-refractivity contribution in [2.45, 2.75) is 31.9 Å². The van der Waals surface area contributed by atoms with Crippen molar-refractivity contribution in [3.05, 3.63) is 46.8 Å². The lowest BCUT2D eigenvalue weighted by molar-refractivity contribution is -0.0233. The van der Waals surface area contributed by atoms with Gasteiger partial charge in [-0.25, -0.2) is 0 Å². The van der Waals surface area contributed by atoms with Gasteiger partial charge in [-0.2, -0.15) is 15.4 Å². The highest BCUT2D eigenvalue weighted by Gasteiger charge is 2.32. The number of hydrogen-bond acceptors (Lipinski definition) is 5. The molecule has 25 heavy (non-hydrogen) atoms. The minimum Gasteiger partial charge on any atom is -0.370 e. The van der Waals surface area contributed by atoms with Crippen molar-refractivity contribution in [1.82, 2.24) is 25.6 Å². The third-order valence-corrected chi connectivity index (χ3v) is 5.06. The zero-order valence-electron chi connectivity index (χ0n) is 14.4. The van der Waals surface area contributed by atoms with E-state index in [0.29, 0.717) is 25.4 Å². The Kier molecular flexibility index (Phi) is 4.50. The summed E-state index contributed by atoms with van der Waals surface area (Å²) in [6, 6.07) is 8.28. The minimum atomic E-state index is -0.0983. The molecule has 1 aromatic carbocycles. The number of H-pyrrole nitrogens is 1. The first-order valence-corrected chi connectivity index (χ1v) is 8.84. The van der Waals surface area contributed by atoms with Crippen LogP contribution in [-0.4, -0.2) is 52.5 Å². The lowest BCUT2D eigenvalue weighted by atomic mass is 10.0. The normalized spacial score (nSPS) is 23.8. The maximum Gasteiger partial charge on any atom is 0.276 e. The highest BCUT2D eigenvalue weighted by molar-refractivity contribution is 5.93. The monoisotopic (exact) mass is 341 g/mol. The highest BCUT2D eigenvalue weighted by atomic mass is 16.5. The van der Waals surface area contributed by atoms with Crippen LogP contribution in [-0.2, 0) is 4.74 Å². The predicted molar refractivity (Wildman–Crippen MR) is 92.1 cm³/mol. The summed E-state index contributed by atoms with van der Waals surface area (Å²) in [6.07, 6.45) is 1.98. The molecule has 1 amide bonds. The number of carbonyl (C=O) groups excluding carboxylic acids is 1. The number of nitrogens with one attached hydrogen (secondary N) is 2. The van der Waals surface area contributed by atoms with Crippen LogP contribution in [0.1, 0.15) is 52.3 Å². The van der Waals surface area contributed by atoms with Crippen molar-refractivity contribution in [1.29, 1.82) is 0 Å². The molecule has 0 aliphatic carbocycles. The van der Waals surface area contributed by atoms with Gasteiger partial charge < -0.3 is 15.0 Å². The fourth-order valence-corrected chi connectivity index (χ4v) is 3.68. The van der Waals surface area contributed by atoms with Crippen molar-refractivity contribution in [2.24, 2.45) is 0 Å². The van der Waals surface area contributed by atoms with Crippen molar-refractivity contribution in [3.8, 4) is 0 Å². The van der Waals surface area contributed by atoms with E-state index >= 15 is 0 Å². The van der Waals surface area contributed by atoms with E-state index < -0.39 is 0 Å². The minimum absolute atomic E-state index is 0.0701. The fourth-order valence-electron chi connectivity index (χ4n) is 3.68. The number of amides is 1. The Hall–Kier alpha value is -2.25. The molecule has 7 nitrogen and oxygen atoms in total. The van der Waals surface area contributed by atoms with Crippen LogP contribution in [0.25, 0.3) is 0 Å². The Labute approximate surface area is 146 Å². The molecular weight excluding hydrogens is 318 g/mol. The SMILES string of the molecule is Cc1ccccc1C1CN(C(=O)c2n[nH]nc2C2CCCN2)CCO1. The number of nitrogens with zero attached hydrogens (tertiary/aromatic N) is 3. The van der Waals surface area contributed by atoms with E-state index in [2.05, 4.69) is 39.8 Å². The van der Waals surface area contributed by atoms with Crippen molar-refractivity contribution in [2.75, 3.05) is 26.2 Å². The quantitative estimate of drug-likeness (QED) is 0.889. The van der Waals surface area contributed by atoms with Crippen LogP contribution in [0.3, 0.4) is 0 Å². The van der Waals surface area contributed by atoms with Crippen LogP contribution >= 0.6 is 0 Å². The third kappa shape index (κ3) is 3.17. The van der Waals surface area contributed by atoms with Gasteiger partial charge in [-0.15, -0.1) is 0 Å². The molecule has 4 rings (SSSR count).